The molecule has 3 rings (SSSR count). The first-order chi connectivity index (χ1) is 14.7. The highest BCUT2D eigenvalue weighted by atomic mass is 19.4. The van der Waals surface area contributed by atoms with E-state index in [0.29, 0.717) is 18.8 Å². The number of benzene rings is 2. The Morgan fingerprint density at radius 2 is 1.65 bits per heavy atom. The van der Waals surface area contributed by atoms with E-state index in [-0.39, 0.29) is 30.0 Å². The zero-order chi connectivity index (χ0) is 22.6. The number of anilines is 3. The normalized spacial score (nSPS) is 14.2. The first-order valence-corrected chi connectivity index (χ1v) is 9.19. The molecular formula is C19H20F3N5O4. The minimum atomic E-state index is -4.51. The summed E-state index contributed by atoms with van der Waals surface area (Å²) in [6.45, 7) is 1.19. The first-order valence-electron chi connectivity index (χ1n) is 9.19. The molecule has 0 spiro atoms. The molecule has 1 heterocycles. The number of nitrogens with zero attached hydrogens (tertiary/aromatic N) is 2. The molecule has 2 aromatic carbocycles. The van der Waals surface area contributed by atoms with Crippen LogP contribution < -0.4 is 21.2 Å². The lowest BCUT2D eigenvalue weighted by Gasteiger charge is -2.36. The van der Waals surface area contributed by atoms with Gasteiger partial charge in [0.15, 0.2) is 0 Å². The van der Waals surface area contributed by atoms with Gasteiger partial charge in [-0.15, -0.1) is 0 Å². The molecule has 9 nitrogen and oxygen atoms in total. The Kier molecular flexibility index (Phi) is 6.51. The number of carbonyl (C=O) groups is 2. The molecule has 0 saturated carbocycles. The van der Waals surface area contributed by atoms with Crippen LogP contribution in [0.1, 0.15) is 15.9 Å². The zero-order valence-corrected chi connectivity index (χ0v) is 16.1. The Morgan fingerprint density at radius 1 is 0.935 bits per heavy atom. The number of carbonyl (C=O) groups excluding carboxylic acids is 2. The molecule has 0 aliphatic carbocycles. The van der Waals surface area contributed by atoms with Crippen LogP contribution in [0.4, 0.5) is 35.0 Å². The standard InChI is InChI=1S/C19H20F3N5O4/c20-19(21,22)12-2-1-3-13(10-12)23-18(29)27-8-6-26(7-9-27)16-5-4-14(24-30)11-15(16)17(28)25-31/h1-5,10-11,24,30-31H,6-9H2,(H,23,29)(H,25,28). The van der Waals surface area contributed by atoms with Crippen molar-refractivity contribution in [3.8, 4) is 0 Å². The summed E-state index contributed by atoms with van der Waals surface area (Å²) in [5.74, 6) is -0.767. The average Bonchev–Trinajstić information content (AvgIpc) is 2.77. The lowest BCUT2D eigenvalue weighted by molar-refractivity contribution is -0.137. The fourth-order valence-corrected chi connectivity index (χ4v) is 3.25. The summed E-state index contributed by atoms with van der Waals surface area (Å²) < 4.78 is 38.5. The molecule has 0 atom stereocenters. The van der Waals surface area contributed by atoms with Gasteiger partial charge in [0, 0.05) is 37.6 Å². The summed E-state index contributed by atoms with van der Waals surface area (Å²) in [6.07, 6.45) is -4.51. The van der Waals surface area contributed by atoms with Gasteiger partial charge in [-0.3, -0.25) is 20.7 Å². The first kappa shape index (κ1) is 22.2. The second kappa shape index (κ2) is 9.10. The molecule has 1 aliphatic rings. The summed E-state index contributed by atoms with van der Waals surface area (Å²) in [7, 11) is 0. The Balaban J connectivity index is 1.66. The fourth-order valence-electron chi connectivity index (χ4n) is 3.25. The third-order valence-electron chi connectivity index (χ3n) is 4.82. The SMILES string of the molecule is O=C(NO)c1cc(NO)ccc1N1CCN(C(=O)Nc2cccc(C(F)(F)F)c2)CC1. The van der Waals surface area contributed by atoms with Gasteiger partial charge in [-0.2, -0.15) is 13.2 Å². The molecule has 1 fully saturated rings. The maximum absolute atomic E-state index is 12.8. The van der Waals surface area contributed by atoms with Crippen LogP contribution in [0.5, 0.6) is 0 Å². The Labute approximate surface area is 175 Å². The molecule has 2 aromatic rings. The van der Waals surface area contributed by atoms with Crippen molar-refractivity contribution in [2.45, 2.75) is 6.18 Å². The van der Waals surface area contributed by atoms with Crippen molar-refractivity contribution < 1.29 is 33.2 Å². The maximum Gasteiger partial charge on any atom is 0.416 e. The highest BCUT2D eigenvalue weighted by Gasteiger charge is 2.31. The second-order valence-electron chi connectivity index (χ2n) is 6.77. The van der Waals surface area contributed by atoms with E-state index in [1.807, 2.05) is 10.4 Å². The fraction of sp³-hybridized carbons (Fsp3) is 0.263. The molecule has 0 unspecified atom stereocenters. The summed E-state index contributed by atoms with van der Waals surface area (Å²) >= 11 is 0. The van der Waals surface area contributed by atoms with Crippen LogP contribution in [0.15, 0.2) is 42.5 Å². The van der Waals surface area contributed by atoms with Gasteiger partial charge in [-0.05, 0) is 36.4 Å². The number of nitrogens with one attached hydrogen (secondary N) is 3. The molecule has 12 heteroatoms. The van der Waals surface area contributed by atoms with Crippen molar-refractivity contribution in [3.63, 3.8) is 0 Å². The molecule has 1 saturated heterocycles. The number of piperazine rings is 1. The number of hydrogen-bond acceptors (Lipinski definition) is 6. The molecule has 0 aromatic heterocycles. The van der Waals surface area contributed by atoms with Crippen molar-refractivity contribution in [1.29, 1.82) is 0 Å². The molecule has 0 bridgehead atoms. The van der Waals surface area contributed by atoms with Gasteiger partial charge in [0.1, 0.15) is 0 Å². The van der Waals surface area contributed by atoms with Crippen molar-refractivity contribution in [1.82, 2.24) is 10.4 Å². The van der Waals surface area contributed by atoms with E-state index in [2.05, 4.69) is 5.32 Å². The summed E-state index contributed by atoms with van der Waals surface area (Å²) in [5, 5.41) is 20.5. The van der Waals surface area contributed by atoms with E-state index < -0.39 is 23.7 Å². The highest BCUT2D eigenvalue weighted by molar-refractivity contribution is 6.00. The summed E-state index contributed by atoms with van der Waals surface area (Å²) in [4.78, 5) is 27.7. The van der Waals surface area contributed by atoms with Crippen LogP contribution in [-0.2, 0) is 6.18 Å². The number of urea groups is 1. The van der Waals surface area contributed by atoms with Gasteiger partial charge in [0.05, 0.1) is 16.8 Å². The maximum atomic E-state index is 12.8. The number of halogens is 3. The van der Waals surface area contributed by atoms with E-state index in [0.717, 1.165) is 12.1 Å². The van der Waals surface area contributed by atoms with Gasteiger partial charge < -0.3 is 15.1 Å². The third-order valence-corrected chi connectivity index (χ3v) is 4.82. The number of alkyl halides is 3. The van der Waals surface area contributed by atoms with Gasteiger partial charge >= 0.3 is 12.2 Å². The predicted molar refractivity (Wildman–Crippen MR) is 105 cm³/mol. The lowest BCUT2D eigenvalue weighted by atomic mass is 10.1. The van der Waals surface area contributed by atoms with Gasteiger partial charge in [0.25, 0.3) is 5.91 Å². The minimum Gasteiger partial charge on any atom is -0.367 e. The number of amides is 3. The van der Waals surface area contributed by atoms with Gasteiger partial charge in [-0.25, -0.2) is 10.3 Å². The Hall–Kier alpha value is -3.51. The largest absolute Gasteiger partial charge is 0.416 e. The van der Waals surface area contributed by atoms with Crippen LogP contribution in [-0.4, -0.2) is 53.4 Å². The predicted octanol–water partition coefficient (Wildman–Crippen LogP) is 2.98. The van der Waals surface area contributed by atoms with Crippen LogP contribution in [0.25, 0.3) is 0 Å². The third kappa shape index (κ3) is 5.16. The highest BCUT2D eigenvalue weighted by Crippen LogP contribution is 2.31. The molecule has 5 N–H and O–H groups in total. The minimum absolute atomic E-state index is 0.0382. The molecule has 166 valence electrons. The molecule has 1 aliphatic heterocycles. The molecular weight excluding hydrogens is 419 g/mol. The quantitative estimate of drug-likeness (QED) is 0.369. The van der Waals surface area contributed by atoms with Gasteiger partial charge in [-0.1, -0.05) is 6.07 Å². The summed E-state index contributed by atoms with van der Waals surface area (Å²) in [5.41, 5.74) is 3.51. The number of rotatable bonds is 4. The van der Waals surface area contributed by atoms with Crippen molar-refractivity contribution in [2.24, 2.45) is 0 Å². The zero-order valence-electron chi connectivity index (χ0n) is 16.1. The van der Waals surface area contributed by atoms with Crippen molar-refractivity contribution in [3.05, 3.63) is 53.6 Å². The van der Waals surface area contributed by atoms with Gasteiger partial charge in [0.2, 0.25) is 0 Å². The van der Waals surface area contributed by atoms with E-state index >= 15 is 0 Å². The molecule has 31 heavy (non-hydrogen) atoms. The Bertz CT molecular complexity index is 962. The van der Waals surface area contributed by atoms with Crippen LogP contribution in [0.2, 0.25) is 0 Å². The molecule has 0 radical (unpaired) electrons. The van der Waals surface area contributed by atoms with Crippen LogP contribution in [0, 0.1) is 0 Å². The van der Waals surface area contributed by atoms with E-state index in [9.17, 15) is 22.8 Å². The smallest absolute Gasteiger partial charge is 0.367 e. The monoisotopic (exact) mass is 439 g/mol. The number of hydrogen-bond donors (Lipinski definition) is 5. The Morgan fingerprint density at radius 3 is 2.26 bits per heavy atom. The van der Waals surface area contributed by atoms with E-state index in [1.54, 1.807) is 11.5 Å². The lowest BCUT2D eigenvalue weighted by Crippen LogP contribution is -2.50. The van der Waals surface area contributed by atoms with E-state index in [4.69, 9.17) is 10.4 Å². The van der Waals surface area contributed by atoms with Crippen molar-refractivity contribution >= 4 is 29.0 Å². The average molecular weight is 439 g/mol. The summed E-state index contributed by atoms with van der Waals surface area (Å²) in [6, 6.07) is 8.32. The van der Waals surface area contributed by atoms with Crippen molar-refractivity contribution in [2.75, 3.05) is 41.9 Å². The van der Waals surface area contributed by atoms with Crippen LogP contribution >= 0.6 is 0 Å². The molecule has 3 amide bonds. The van der Waals surface area contributed by atoms with Crippen LogP contribution in [0.3, 0.4) is 0 Å². The topological polar surface area (TPSA) is 117 Å². The second-order valence-corrected chi connectivity index (χ2v) is 6.77. The number of hydroxylamine groups is 1. The van der Waals surface area contributed by atoms with E-state index in [1.165, 1.54) is 29.2 Å².